The first-order chi connectivity index (χ1) is 9.81. The monoisotopic (exact) mass is 277 g/mol. The van der Waals surface area contributed by atoms with E-state index in [9.17, 15) is 0 Å². The summed E-state index contributed by atoms with van der Waals surface area (Å²) in [6.07, 6.45) is 6.45. The molecule has 112 valence electrons. The number of rotatable bonds is 8. The van der Waals surface area contributed by atoms with E-state index in [1.54, 1.807) is 7.11 Å². The van der Waals surface area contributed by atoms with Gasteiger partial charge >= 0.3 is 0 Å². The third-order valence-electron chi connectivity index (χ3n) is 3.96. The van der Waals surface area contributed by atoms with Crippen LogP contribution in [0.15, 0.2) is 24.3 Å². The first kappa shape index (κ1) is 15.3. The maximum Gasteiger partial charge on any atom is 0.124 e. The van der Waals surface area contributed by atoms with Gasteiger partial charge in [0.15, 0.2) is 0 Å². The zero-order valence-electron chi connectivity index (χ0n) is 12.7. The van der Waals surface area contributed by atoms with Gasteiger partial charge in [-0.25, -0.2) is 0 Å². The number of hydrogen-bond acceptors (Lipinski definition) is 3. The van der Waals surface area contributed by atoms with Crippen molar-refractivity contribution >= 4 is 0 Å². The van der Waals surface area contributed by atoms with Gasteiger partial charge in [0.05, 0.1) is 6.10 Å². The van der Waals surface area contributed by atoms with Crippen LogP contribution in [0.3, 0.4) is 0 Å². The average Bonchev–Trinajstić information content (AvgIpc) is 2.97. The van der Waals surface area contributed by atoms with Gasteiger partial charge in [-0.1, -0.05) is 18.2 Å². The zero-order chi connectivity index (χ0) is 14.2. The van der Waals surface area contributed by atoms with Crippen LogP contribution in [0, 0.1) is 0 Å². The molecule has 3 nitrogen and oxygen atoms in total. The van der Waals surface area contributed by atoms with Crippen LogP contribution in [0.1, 0.15) is 50.6 Å². The Kier molecular flexibility index (Phi) is 6.34. The molecule has 3 heteroatoms. The van der Waals surface area contributed by atoms with Gasteiger partial charge in [0.1, 0.15) is 5.75 Å². The summed E-state index contributed by atoms with van der Waals surface area (Å²) in [5.74, 6) is 1.05. The SMILES string of the molecule is COCCCN[C@@H](C)c1ccccc1OC1CCCC1. The summed E-state index contributed by atoms with van der Waals surface area (Å²) in [6, 6.07) is 8.72. The Morgan fingerprint density at radius 1 is 1.25 bits per heavy atom. The van der Waals surface area contributed by atoms with Crippen LogP contribution in [0.4, 0.5) is 0 Å². The minimum atomic E-state index is 0.310. The molecule has 0 spiro atoms. The molecule has 1 aromatic rings. The van der Waals surface area contributed by atoms with Crippen molar-refractivity contribution in [2.24, 2.45) is 0 Å². The Labute approximate surface area is 122 Å². The van der Waals surface area contributed by atoms with E-state index in [1.807, 2.05) is 0 Å². The van der Waals surface area contributed by atoms with Crippen LogP contribution >= 0.6 is 0 Å². The van der Waals surface area contributed by atoms with Crippen molar-refractivity contribution in [2.75, 3.05) is 20.3 Å². The normalized spacial score (nSPS) is 17.3. The maximum atomic E-state index is 6.19. The Hall–Kier alpha value is -1.06. The number of para-hydroxylation sites is 1. The largest absolute Gasteiger partial charge is 0.490 e. The number of hydrogen-bond donors (Lipinski definition) is 1. The van der Waals surface area contributed by atoms with E-state index in [2.05, 4.69) is 36.5 Å². The molecule has 0 heterocycles. The van der Waals surface area contributed by atoms with E-state index in [-0.39, 0.29) is 0 Å². The minimum Gasteiger partial charge on any atom is -0.490 e. The lowest BCUT2D eigenvalue weighted by Crippen LogP contribution is -2.22. The number of ether oxygens (including phenoxy) is 2. The molecule has 0 aliphatic heterocycles. The summed E-state index contributed by atoms with van der Waals surface area (Å²) in [4.78, 5) is 0. The van der Waals surface area contributed by atoms with E-state index in [0.29, 0.717) is 12.1 Å². The molecule has 20 heavy (non-hydrogen) atoms. The molecule has 1 aliphatic rings. The van der Waals surface area contributed by atoms with E-state index in [1.165, 1.54) is 31.2 Å². The first-order valence-corrected chi connectivity index (χ1v) is 7.79. The molecular formula is C17H27NO2. The number of benzene rings is 1. The maximum absolute atomic E-state index is 6.19. The summed E-state index contributed by atoms with van der Waals surface area (Å²) >= 11 is 0. The highest BCUT2D eigenvalue weighted by Crippen LogP contribution is 2.29. The number of methoxy groups -OCH3 is 1. The molecule has 1 N–H and O–H groups in total. The molecule has 0 unspecified atom stereocenters. The molecule has 2 rings (SSSR count). The van der Waals surface area contributed by atoms with Crippen LogP contribution in [0.5, 0.6) is 5.75 Å². The molecule has 0 aromatic heterocycles. The van der Waals surface area contributed by atoms with E-state index in [0.717, 1.165) is 25.3 Å². The lowest BCUT2D eigenvalue weighted by Gasteiger charge is -2.21. The predicted molar refractivity (Wildman–Crippen MR) is 82.2 cm³/mol. The van der Waals surface area contributed by atoms with E-state index < -0.39 is 0 Å². The molecule has 1 aromatic carbocycles. The van der Waals surface area contributed by atoms with Gasteiger partial charge in [0.2, 0.25) is 0 Å². The second-order valence-corrected chi connectivity index (χ2v) is 5.58. The van der Waals surface area contributed by atoms with E-state index >= 15 is 0 Å². The predicted octanol–water partition coefficient (Wildman–Crippen LogP) is 3.70. The lowest BCUT2D eigenvalue weighted by atomic mass is 10.1. The van der Waals surface area contributed by atoms with Crippen LogP contribution in [0.2, 0.25) is 0 Å². The highest BCUT2D eigenvalue weighted by Gasteiger charge is 2.19. The van der Waals surface area contributed by atoms with Crippen LogP contribution in [-0.2, 0) is 4.74 Å². The van der Waals surface area contributed by atoms with Crippen LogP contribution in [-0.4, -0.2) is 26.4 Å². The highest BCUT2D eigenvalue weighted by molar-refractivity contribution is 5.35. The Balaban J connectivity index is 1.91. The highest BCUT2D eigenvalue weighted by atomic mass is 16.5. The average molecular weight is 277 g/mol. The van der Waals surface area contributed by atoms with Gasteiger partial charge in [-0.2, -0.15) is 0 Å². The molecule has 1 fully saturated rings. The molecule has 0 bridgehead atoms. The minimum absolute atomic E-state index is 0.310. The van der Waals surface area contributed by atoms with Crippen LogP contribution in [0.25, 0.3) is 0 Å². The van der Waals surface area contributed by atoms with Gasteiger partial charge in [-0.05, 0) is 51.6 Å². The fourth-order valence-corrected chi connectivity index (χ4v) is 2.78. The Morgan fingerprint density at radius 2 is 2.00 bits per heavy atom. The van der Waals surface area contributed by atoms with Crippen molar-refractivity contribution in [1.82, 2.24) is 5.32 Å². The Morgan fingerprint density at radius 3 is 2.75 bits per heavy atom. The smallest absolute Gasteiger partial charge is 0.124 e. The summed E-state index contributed by atoms with van der Waals surface area (Å²) in [6.45, 7) is 3.97. The van der Waals surface area contributed by atoms with E-state index in [4.69, 9.17) is 9.47 Å². The van der Waals surface area contributed by atoms with Crippen molar-refractivity contribution in [3.63, 3.8) is 0 Å². The second kappa shape index (κ2) is 8.28. The number of nitrogens with one attached hydrogen (secondary N) is 1. The Bertz CT molecular complexity index is 388. The fourth-order valence-electron chi connectivity index (χ4n) is 2.78. The molecule has 0 radical (unpaired) electrons. The summed E-state index contributed by atoms with van der Waals surface area (Å²) in [5, 5.41) is 3.54. The van der Waals surface area contributed by atoms with Gasteiger partial charge in [-0.3, -0.25) is 0 Å². The van der Waals surface area contributed by atoms with Gasteiger partial charge in [0, 0.05) is 25.3 Å². The molecule has 1 saturated carbocycles. The van der Waals surface area contributed by atoms with Crippen molar-refractivity contribution in [3.8, 4) is 5.75 Å². The quantitative estimate of drug-likeness (QED) is 0.735. The molecule has 1 atom stereocenters. The van der Waals surface area contributed by atoms with Gasteiger partial charge < -0.3 is 14.8 Å². The van der Waals surface area contributed by atoms with Gasteiger partial charge in [0.25, 0.3) is 0 Å². The molecular weight excluding hydrogens is 250 g/mol. The second-order valence-electron chi connectivity index (χ2n) is 5.58. The summed E-state index contributed by atoms with van der Waals surface area (Å²) in [5.41, 5.74) is 1.26. The third-order valence-corrected chi connectivity index (χ3v) is 3.96. The third kappa shape index (κ3) is 4.50. The summed E-state index contributed by atoms with van der Waals surface area (Å²) in [7, 11) is 1.74. The topological polar surface area (TPSA) is 30.5 Å². The lowest BCUT2D eigenvalue weighted by molar-refractivity contribution is 0.192. The molecule has 1 aliphatic carbocycles. The first-order valence-electron chi connectivity index (χ1n) is 7.79. The van der Waals surface area contributed by atoms with Crippen molar-refractivity contribution < 1.29 is 9.47 Å². The standard InChI is InChI=1S/C17H27NO2/c1-14(18-12-7-13-19-2)16-10-5-6-11-17(16)20-15-8-3-4-9-15/h5-6,10-11,14-15,18H,3-4,7-9,12-13H2,1-2H3/t14-/m0/s1. The molecule has 0 amide bonds. The zero-order valence-corrected chi connectivity index (χ0v) is 12.7. The van der Waals surface area contributed by atoms with Crippen molar-refractivity contribution in [1.29, 1.82) is 0 Å². The van der Waals surface area contributed by atoms with Gasteiger partial charge in [-0.15, -0.1) is 0 Å². The fraction of sp³-hybridized carbons (Fsp3) is 0.647. The van der Waals surface area contributed by atoms with Crippen molar-refractivity contribution in [3.05, 3.63) is 29.8 Å². The summed E-state index contributed by atoms with van der Waals surface area (Å²) < 4.78 is 11.3. The van der Waals surface area contributed by atoms with Crippen LogP contribution < -0.4 is 10.1 Å². The van der Waals surface area contributed by atoms with Crippen molar-refractivity contribution in [2.45, 2.75) is 51.2 Å². The molecule has 0 saturated heterocycles.